The van der Waals surface area contributed by atoms with E-state index in [1.807, 2.05) is 19.9 Å². The van der Waals surface area contributed by atoms with Gasteiger partial charge < -0.3 is 19.5 Å². The van der Waals surface area contributed by atoms with Gasteiger partial charge in [-0.05, 0) is 54.8 Å². The fourth-order valence-electron chi connectivity index (χ4n) is 2.91. The fourth-order valence-corrected chi connectivity index (χ4v) is 3.75. The number of anilines is 1. The predicted molar refractivity (Wildman–Crippen MR) is 116 cm³/mol. The first-order valence-electron chi connectivity index (χ1n) is 9.21. The number of hydrogen-bond acceptors (Lipinski definition) is 6. The van der Waals surface area contributed by atoms with Crippen LogP contribution in [0.25, 0.3) is 0 Å². The Morgan fingerprint density at radius 1 is 0.967 bits per heavy atom. The Morgan fingerprint density at radius 3 is 2.03 bits per heavy atom. The minimum absolute atomic E-state index is 0.167. The van der Waals surface area contributed by atoms with E-state index in [0.29, 0.717) is 22.9 Å². The lowest BCUT2D eigenvalue weighted by atomic mass is 10.1. The predicted octanol–water partition coefficient (Wildman–Crippen LogP) is 2.41. The molecule has 0 aliphatic carbocycles. The molecule has 2 aromatic rings. The van der Waals surface area contributed by atoms with Crippen molar-refractivity contribution in [3.05, 3.63) is 47.0 Å². The Morgan fingerprint density at radius 2 is 1.57 bits per heavy atom. The molecule has 2 rings (SSSR count). The zero-order valence-electron chi connectivity index (χ0n) is 18.1. The summed E-state index contributed by atoms with van der Waals surface area (Å²) in [6.07, 6.45) is 1.08. The first-order valence-corrected chi connectivity index (χ1v) is 11.1. The zero-order chi connectivity index (χ0) is 22.5. The van der Waals surface area contributed by atoms with Crippen LogP contribution in [0.3, 0.4) is 0 Å². The first kappa shape index (κ1) is 23.3. The lowest BCUT2D eigenvalue weighted by Crippen LogP contribution is -2.40. The van der Waals surface area contributed by atoms with Crippen LogP contribution in [0.5, 0.6) is 17.2 Å². The van der Waals surface area contributed by atoms with Crippen LogP contribution in [0.1, 0.15) is 16.7 Å². The van der Waals surface area contributed by atoms with Gasteiger partial charge in [-0.3, -0.25) is 9.10 Å². The number of rotatable bonds is 9. The monoisotopic (exact) mass is 436 g/mol. The van der Waals surface area contributed by atoms with Gasteiger partial charge in [0, 0.05) is 6.54 Å². The molecule has 0 unspecified atom stereocenters. The number of sulfonamides is 1. The number of ether oxygens (including phenoxy) is 3. The van der Waals surface area contributed by atoms with Crippen LogP contribution in [0.2, 0.25) is 0 Å². The molecule has 0 bridgehead atoms. The molecule has 0 spiro atoms. The summed E-state index contributed by atoms with van der Waals surface area (Å²) in [6.45, 7) is 3.67. The van der Waals surface area contributed by atoms with Crippen LogP contribution < -0.4 is 23.8 Å². The average molecular weight is 437 g/mol. The average Bonchev–Trinajstić information content (AvgIpc) is 2.70. The van der Waals surface area contributed by atoms with Gasteiger partial charge in [0.1, 0.15) is 6.54 Å². The number of carbonyl (C=O) groups excluding carboxylic acids is 1. The summed E-state index contributed by atoms with van der Waals surface area (Å²) >= 11 is 0. The van der Waals surface area contributed by atoms with Gasteiger partial charge in [0.15, 0.2) is 11.5 Å². The molecule has 0 heterocycles. The Hall–Kier alpha value is -2.94. The number of nitrogens with zero attached hydrogens (tertiary/aromatic N) is 1. The molecule has 0 fully saturated rings. The van der Waals surface area contributed by atoms with E-state index in [-0.39, 0.29) is 13.1 Å². The number of aryl methyl sites for hydroxylation is 2. The topological polar surface area (TPSA) is 94.2 Å². The number of nitrogens with one attached hydrogen (secondary N) is 1. The second-order valence-electron chi connectivity index (χ2n) is 6.85. The molecule has 0 radical (unpaired) electrons. The van der Waals surface area contributed by atoms with Gasteiger partial charge in [-0.25, -0.2) is 8.42 Å². The highest BCUT2D eigenvalue weighted by molar-refractivity contribution is 7.92. The van der Waals surface area contributed by atoms with Crippen molar-refractivity contribution in [1.29, 1.82) is 0 Å². The van der Waals surface area contributed by atoms with Crippen molar-refractivity contribution in [3.8, 4) is 17.2 Å². The highest BCUT2D eigenvalue weighted by atomic mass is 32.2. The normalized spacial score (nSPS) is 11.0. The smallest absolute Gasteiger partial charge is 0.241 e. The summed E-state index contributed by atoms with van der Waals surface area (Å²) in [5.74, 6) is 0.948. The van der Waals surface area contributed by atoms with E-state index < -0.39 is 15.9 Å². The van der Waals surface area contributed by atoms with Gasteiger partial charge in [-0.2, -0.15) is 0 Å². The van der Waals surface area contributed by atoms with E-state index in [9.17, 15) is 13.2 Å². The molecule has 164 valence electrons. The van der Waals surface area contributed by atoms with Crippen molar-refractivity contribution < 1.29 is 27.4 Å². The largest absolute Gasteiger partial charge is 0.493 e. The number of benzene rings is 2. The van der Waals surface area contributed by atoms with Crippen LogP contribution >= 0.6 is 0 Å². The van der Waals surface area contributed by atoms with E-state index in [4.69, 9.17) is 14.2 Å². The Balaban J connectivity index is 2.18. The molecule has 30 heavy (non-hydrogen) atoms. The maximum atomic E-state index is 12.5. The summed E-state index contributed by atoms with van der Waals surface area (Å²) < 4.78 is 41.5. The summed E-state index contributed by atoms with van der Waals surface area (Å²) in [4.78, 5) is 12.5. The minimum Gasteiger partial charge on any atom is -0.493 e. The second kappa shape index (κ2) is 9.71. The molecule has 2 aromatic carbocycles. The summed E-state index contributed by atoms with van der Waals surface area (Å²) in [5, 5.41) is 2.74. The summed E-state index contributed by atoms with van der Waals surface area (Å²) in [5.41, 5.74) is 3.15. The van der Waals surface area contributed by atoms with Crippen molar-refractivity contribution in [3.63, 3.8) is 0 Å². The van der Waals surface area contributed by atoms with Crippen LogP contribution in [-0.4, -0.2) is 48.5 Å². The molecule has 0 atom stereocenters. The molecule has 9 heteroatoms. The molecule has 1 N–H and O–H groups in total. The summed E-state index contributed by atoms with van der Waals surface area (Å²) in [7, 11) is 0.883. The third kappa shape index (κ3) is 5.56. The first-order chi connectivity index (χ1) is 14.1. The van der Waals surface area contributed by atoms with Gasteiger partial charge in [0.25, 0.3) is 0 Å². The van der Waals surface area contributed by atoms with Crippen molar-refractivity contribution in [1.82, 2.24) is 5.32 Å². The van der Waals surface area contributed by atoms with Crippen molar-refractivity contribution >= 4 is 21.6 Å². The molecule has 0 aliphatic rings. The van der Waals surface area contributed by atoms with Crippen LogP contribution in [0.15, 0.2) is 30.3 Å². The molecule has 1 amide bonds. The number of methoxy groups -OCH3 is 3. The maximum Gasteiger partial charge on any atom is 0.241 e. The van der Waals surface area contributed by atoms with Crippen LogP contribution in [-0.2, 0) is 21.4 Å². The fraction of sp³-hybridized carbons (Fsp3) is 0.381. The van der Waals surface area contributed by atoms with Crippen LogP contribution in [0, 0.1) is 13.8 Å². The Kier molecular flexibility index (Phi) is 7.55. The van der Waals surface area contributed by atoms with Crippen molar-refractivity contribution in [2.75, 3.05) is 38.4 Å². The van der Waals surface area contributed by atoms with E-state index in [1.54, 1.807) is 24.3 Å². The standard InChI is InChI=1S/C21H28N2O6S/c1-14-7-8-17(9-15(14)2)23(30(6,25)26)13-20(24)22-12-16-10-18(27-3)21(29-5)19(11-16)28-4/h7-11H,12-13H2,1-6H3,(H,22,24). The zero-order valence-corrected chi connectivity index (χ0v) is 18.9. The van der Waals surface area contributed by atoms with Gasteiger partial charge in [-0.1, -0.05) is 6.07 Å². The third-order valence-corrected chi connectivity index (χ3v) is 5.82. The molecule has 0 saturated heterocycles. The molecule has 0 aliphatic heterocycles. The highest BCUT2D eigenvalue weighted by Crippen LogP contribution is 2.38. The third-order valence-electron chi connectivity index (χ3n) is 4.68. The van der Waals surface area contributed by atoms with Crippen molar-refractivity contribution in [2.45, 2.75) is 20.4 Å². The van der Waals surface area contributed by atoms with E-state index in [0.717, 1.165) is 27.3 Å². The summed E-state index contributed by atoms with van der Waals surface area (Å²) in [6, 6.07) is 8.72. The minimum atomic E-state index is -3.64. The molecule has 8 nitrogen and oxygen atoms in total. The van der Waals surface area contributed by atoms with Crippen LogP contribution in [0.4, 0.5) is 5.69 Å². The molecule has 0 aromatic heterocycles. The maximum absolute atomic E-state index is 12.5. The van der Waals surface area contributed by atoms with Gasteiger partial charge in [0.2, 0.25) is 21.7 Å². The van der Waals surface area contributed by atoms with Crippen molar-refractivity contribution in [2.24, 2.45) is 0 Å². The van der Waals surface area contributed by atoms with Gasteiger partial charge in [-0.15, -0.1) is 0 Å². The van der Waals surface area contributed by atoms with E-state index >= 15 is 0 Å². The number of hydrogen-bond donors (Lipinski definition) is 1. The van der Waals surface area contributed by atoms with E-state index in [2.05, 4.69) is 5.32 Å². The lowest BCUT2D eigenvalue weighted by Gasteiger charge is -2.23. The Labute approximate surface area is 177 Å². The lowest BCUT2D eigenvalue weighted by molar-refractivity contribution is -0.119. The quantitative estimate of drug-likeness (QED) is 0.649. The van der Waals surface area contributed by atoms with Gasteiger partial charge >= 0.3 is 0 Å². The second-order valence-corrected chi connectivity index (χ2v) is 8.76. The SMILES string of the molecule is COc1cc(CNC(=O)CN(c2ccc(C)c(C)c2)S(C)(=O)=O)cc(OC)c1OC. The number of carbonyl (C=O) groups is 1. The highest BCUT2D eigenvalue weighted by Gasteiger charge is 2.21. The molecule has 0 saturated carbocycles. The molecular formula is C21H28N2O6S. The van der Waals surface area contributed by atoms with E-state index in [1.165, 1.54) is 21.3 Å². The molecular weight excluding hydrogens is 408 g/mol. The number of amides is 1. The van der Waals surface area contributed by atoms with Gasteiger partial charge in [0.05, 0.1) is 33.3 Å². The Bertz CT molecular complexity index is 995.